The largest absolute Gasteiger partial charge is 0.443 e. The van der Waals surface area contributed by atoms with Crippen molar-refractivity contribution in [1.82, 2.24) is 10.3 Å². The van der Waals surface area contributed by atoms with E-state index in [-0.39, 0.29) is 17.7 Å². The molecule has 1 aromatic heterocycles. The normalized spacial score (nSPS) is 37.6. The van der Waals surface area contributed by atoms with Crippen LogP contribution in [0.4, 0.5) is 4.79 Å². The van der Waals surface area contributed by atoms with E-state index in [0.29, 0.717) is 24.8 Å². The minimum atomic E-state index is -1.66. The fourth-order valence-corrected chi connectivity index (χ4v) is 8.36. The lowest BCUT2D eigenvalue weighted by Gasteiger charge is -2.66. The molecule has 0 radical (unpaired) electrons. The highest BCUT2D eigenvalue weighted by molar-refractivity contribution is 5.96. The topological polar surface area (TPSA) is 121 Å². The van der Waals surface area contributed by atoms with Gasteiger partial charge in [0.25, 0.3) is 0 Å². The molecular weight excluding hydrogens is 496 g/mol. The zero-order valence-corrected chi connectivity index (χ0v) is 23.6. The molecule has 210 valence electrons. The Hall–Kier alpha value is -2.68. The van der Waals surface area contributed by atoms with Gasteiger partial charge < -0.3 is 30.0 Å². The van der Waals surface area contributed by atoms with Crippen molar-refractivity contribution in [2.24, 2.45) is 11.3 Å². The molecule has 7 atom stereocenters. The zero-order valence-electron chi connectivity index (χ0n) is 23.6. The first kappa shape index (κ1) is 26.5. The Bertz CT molecular complexity index is 1390. The second-order valence-electron chi connectivity index (χ2n) is 13.4. The smallest absolute Gasteiger partial charge is 0.407 e. The van der Waals surface area contributed by atoms with Gasteiger partial charge in [-0.2, -0.15) is 0 Å². The lowest BCUT2D eigenvalue weighted by Crippen LogP contribution is -2.73. The quantitative estimate of drug-likeness (QED) is 0.469. The van der Waals surface area contributed by atoms with Crippen molar-refractivity contribution in [3.05, 3.63) is 47.2 Å². The highest BCUT2D eigenvalue weighted by Crippen LogP contribution is 2.69. The maximum Gasteiger partial charge on any atom is 0.407 e. The number of ketones is 1. The van der Waals surface area contributed by atoms with E-state index in [1.807, 2.05) is 26.0 Å². The Morgan fingerprint density at radius 3 is 2.67 bits per heavy atom. The number of amides is 1. The molecule has 0 unspecified atom stereocenters. The van der Waals surface area contributed by atoms with Gasteiger partial charge in [0.15, 0.2) is 5.78 Å². The van der Waals surface area contributed by atoms with Gasteiger partial charge in [0.1, 0.15) is 17.8 Å². The maximum absolute atomic E-state index is 13.3. The van der Waals surface area contributed by atoms with E-state index >= 15 is 0 Å². The van der Waals surface area contributed by atoms with Crippen molar-refractivity contribution >= 4 is 22.8 Å². The molecule has 4 aliphatic rings. The van der Waals surface area contributed by atoms with Gasteiger partial charge in [0, 0.05) is 33.5 Å². The highest BCUT2D eigenvalue weighted by atomic mass is 16.6. The van der Waals surface area contributed by atoms with Crippen LogP contribution in [-0.4, -0.2) is 62.6 Å². The second kappa shape index (κ2) is 8.41. The SMILES string of the molecule is CC(C)NC(=O)O[C@H]1C[C@H]2Cc3c([nH]c4ccccc34)[C@]2(C)[C@@]2(C)CC[C@@H]3O[C@H](C(C)(C)O)C(=O)C=C3[C@]12O. The molecule has 2 saturated carbocycles. The summed E-state index contributed by atoms with van der Waals surface area (Å²) in [4.78, 5) is 30.0. The lowest BCUT2D eigenvalue weighted by molar-refractivity contribution is -0.233. The third-order valence-electron chi connectivity index (χ3n) is 10.4. The number of para-hydroxylation sites is 1. The number of benzene rings is 1. The number of alkyl carbamates (subject to hydrolysis) is 1. The summed E-state index contributed by atoms with van der Waals surface area (Å²) in [5.41, 5.74) is -0.398. The summed E-state index contributed by atoms with van der Waals surface area (Å²) in [5, 5.41) is 27.6. The van der Waals surface area contributed by atoms with Gasteiger partial charge in [-0.1, -0.05) is 32.0 Å². The van der Waals surface area contributed by atoms with Gasteiger partial charge in [-0.3, -0.25) is 4.79 Å². The first-order valence-electron chi connectivity index (χ1n) is 14.1. The van der Waals surface area contributed by atoms with Crippen molar-refractivity contribution in [2.45, 2.75) is 108 Å². The van der Waals surface area contributed by atoms with Crippen LogP contribution in [0.1, 0.15) is 72.1 Å². The van der Waals surface area contributed by atoms with Crippen molar-refractivity contribution < 1.29 is 29.3 Å². The molecule has 3 aliphatic carbocycles. The number of rotatable bonds is 3. The molecule has 8 heteroatoms. The van der Waals surface area contributed by atoms with Crippen molar-refractivity contribution in [2.75, 3.05) is 0 Å². The number of H-pyrrole nitrogens is 1. The van der Waals surface area contributed by atoms with Crippen molar-refractivity contribution in [3.63, 3.8) is 0 Å². The maximum atomic E-state index is 13.3. The summed E-state index contributed by atoms with van der Waals surface area (Å²) < 4.78 is 12.3. The van der Waals surface area contributed by atoms with E-state index in [1.54, 1.807) is 13.8 Å². The number of nitrogens with one attached hydrogen (secondary N) is 2. The monoisotopic (exact) mass is 536 g/mol. The van der Waals surface area contributed by atoms with Gasteiger partial charge in [0.2, 0.25) is 0 Å². The molecule has 2 fully saturated rings. The number of aromatic nitrogens is 1. The van der Waals surface area contributed by atoms with Crippen LogP contribution in [0, 0.1) is 11.3 Å². The number of ether oxygens (including phenoxy) is 2. The Kier molecular flexibility index (Phi) is 5.72. The van der Waals surface area contributed by atoms with Crippen LogP contribution >= 0.6 is 0 Å². The van der Waals surface area contributed by atoms with Crippen LogP contribution in [0.25, 0.3) is 10.9 Å². The summed E-state index contributed by atoms with van der Waals surface area (Å²) in [6.07, 6.45) is 0.829. The van der Waals surface area contributed by atoms with E-state index in [1.165, 1.54) is 17.0 Å². The molecule has 0 bridgehead atoms. The molecule has 1 amide bonds. The summed E-state index contributed by atoms with van der Waals surface area (Å²) in [6, 6.07) is 8.14. The standard InChI is InChI=1S/C31H40N2O6/c1-16(2)32-27(35)39-24-14-17-13-19-18-9-7-8-10-21(18)33-25(19)30(17,6)29(5)12-11-23-20(31(24,29)37)15-22(34)26(38-23)28(3,4)36/h7-10,15-17,23-24,26,33,36-37H,11-14H2,1-6H3,(H,32,35)/t17-,23+,24+,26+,29-,30-,31+/m1/s1. The molecule has 2 aromatic rings. The Balaban J connectivity index is 1.52. The average Bonchev–Trinajstić information content (AvgIpc) is 3.35. The fraction of sp³-hybridized carbons (Fsp3) is 0.613. The van der Waals surface area contributed by atoms with Crippen molar-refractivity contribution in [1.29, 1.82) is 0 Å². The number of carbonyl (C=O) groups excluding carboxylic acids is 2. The first-order valence-corrected chi connectivity index (χ1v) is 14.1. The van der Waals surface area contributed by atoms with Gasteiger partial charge in [-0.05, 0) is 82.6 Å². The molecule has 6 rings (SSSR count). The molecule has 4 N–H and O–H groups in total. The summed E-state index contributed by atoms with van der Waals surface area (Å²) in [6.45, 7) is 11.1. The number of carbonyl (C=O) groups is 2. The van der Waals surface area contributed by atoms with Crippen LogP contribution in [0.5, 0.6) is 0 Å². The van der Waals surface area contributed by atoms with Crippen LogP contribution < -0.4 is 5.32 Å². The molecule has 0 spiro atoms. The Labute approximate surface area is 229 Å². The van der Waals surface area contributed by atoms with E-state index < -0.39 is 46.4 Å². The number of aliphatic hydroxyl groups is 2. The van der Waals surface area contributed by atoms with E-state index in [4.69, 9.17) is 9.47 Å². The third kappa shape index (κ3) is 3.47. The molecular formula is C31H40N2O6. The van der Waals surface area contributed by atoms with Crippen molar-refractivity contribution in [3.8, 4) is 0 Å². The van der Waals surface area contributed by atoms with Gasteiger partial charge >= 0.3 is 6.09 Å². The predicted molar refractivity (Wildman–Crippen MR) is 146 cm³/mol. The summed E-state index contributed by atoms with van der Waals surface area (Å²) >= 11 is 0. The molecule has 0 saturated heterocycles. The van der Waals surface area contributed by atoms with Crippen LogP contribution in [0.3, 0.4) is 0 Å². The number of hydrogen-bond acceptors (Lipinski definition) is 6. The van der Waals surface area contributed by atoms with E-state index in [9.17, 15) is 19.8 Å². The number of aromatic amines is 1. The predicted octanol–water partition coefficient (Wildman–Crippen LogP) is 4.07. The minimum absolute atomic E-state index is 0.118. The van der Waals surface area contributed by atoms with E-state index in [0.717, 1.165) is 17.6 Å². The van der Waals surface area contributed by atoms with Crippen LogP contribution in [0.15, 0.2) is 35.9 Å². The fourth-order valence-electron chi connectivity index (χ4n) is 8.36. The number of fused-ring (bicyclic) bond motifs is 9. The molecule has 39 heavy (non-hydrogen) atoms. The first-order chi connectivity index (χ1) is 18.2. The van der Waals surface area contributed by atoms with Crippen LogP contribution in [0.2, 0.25) is 0 Å². The summed E-state index contributed by atoms with van der Waals surface area (Å²) in [5.74, 6) is -0.270. The second-order valence-corrected chi connectivity index (χ2v) is 13.4. The molecule has 1 aromatic carbocycles. The van der Waals surface area contributed by atoms with Gasteiger partial charge in [0.05, 0.1) is 11.7 Å². The van der Waals surface area contributed by atoms with E-state index in [2.05, 4.69) is 36.3 Å². The highest BCUT2D eigenvalue weighted by Gasteiger charge is 2.74. The molecule has 2 heterocycles. The minimum Gasteiger partial charge on any atom is -0.443 e. The van der Waals surface area contributed by atoms with Crippen LogP contribution in [-0.2, 0) is 26.1 Å². The Morgan fingerprint density at radius 1 is 1.26 bits per heavy atom. The van der Waals surface area contributed by atoms with Gasteiger partial charge in [-0.15, -0.1) is 0 Å². The van der Waals surface area contributed by atoms with Gasteiger partial charge in [-0.25, -0.2) is 4.79 Å². The Morgan fingerprint density at radius 2 is 1.97 bits per heavy atom. The summed E-state index contributed by atoms with van der Waals surface area (Å²) in [7, 11) is 0. The molecule has 1 aliphatic heterocycles. The third-order valence-corrected chi connectivity index (χ3v) is 10.4. The zero-order chi connectivity index (χ0) is 28.1. The number of hydrogen-bond donors (Lipinski definition) is 4. The average molecular weight is 537 g/mol. The molecule has 8 nitrogen and oxygen atoms in total. The lowest BCUT2D eigenvalue weighted by atomic mass is 9.41.